The number of benzene rings is 1. The predicted molar refractivity (Wildman–Crippen MR) is 56.6 cm³/mol. The number of Topliss-reactive ketones (excluding diaryl/α,β-unsaturated/α-hetero) is 1. The van der Waals surface area contributed by atoms with Crippen molar-refractivity contribution < 1.29 is 9.21 Å². The molecule has 5 nitrogen and oxygen atoms in total. The molecule has 0 fully saturated rings. The molecule has 0 atom stereocenters. The maximum atomic E-state index is 11.0. The maximum absolute atomic E-state index is 11.0. The molecular weight excluding hydrogens is 194 g/mol. The molecule has 1 aromatic heterocycles. The second kappa shape index (κ2) is 4.10. The molecule has 2 aromatic rings. The van der Waals surface area contributed by atoms with Gasteiger partial charge in [-0.3, -0.25) is 4.79 Å². The third kappa shape index (κ3) is 2.13. The standard InChI is InChI=1S/C10H11N3O2/c11-4-8(14)5-12-7-1-2-10-9(3-7)13-6-15-10/h1-3,6,12H,4-5,11H2. The van der Waals surface area contributed by atoms with Crippen LogP contribution in [0, 0.1) is 0 Å². The number of nitrogens with zero attached hydrogens (tertiary/aromatic N) is 1. The normalized spacial score (nSPS) is 10.5. The average molecular weight is 205 g/mol. The molecule has 2 rings (SSSR count). The number of anilines is 1. The summed E-state index contributed by atoms with van der Waals surface area (Å²) in [4.78, 5) is 15.0. The Labute approximate surface area is 86.3 Å². The van der Waals surface area contributed by atoms with Gasteiger partial charge >= 0.3 is 0 Å². The van der Waals surface area contributed by atoms with Crippen LogP contribution in [0.15, 0.2) is 29.0 Å². The predicted octanol–water partition coefficient (Wildman–Crippen LogP) is 0.767. The van der Waals surface area contributed by atoms with E-state index < -0.39 is 0 Å². The molecule has 0 amide bonds. The van der Waals surface area contributed by atoms with Crippen LogP contribution in [-0.4, -0.2) is 23.9 Å². The molecule has 0 aliphatic carbocycles. The molecule has 1 aromatic carbocycles. The van der Waals surface area contributed by atoms with Crippen LogP contribution in [0.2, 0.25) is 0 Å². The molecule has 0 saturated carbocycles. The lowest BCUT2D eigenvalue weighted by Crippen LogP contribution is -2.22. The van der Waals surface area contributed by atoms with Gasteiger partial charge in [0, 0.05) is 5.69 Å². The Hall–Kier alpha value is -1.88. The van der Waals surface area contributed by atoms with Gasteiger partial charge in [0.25, 0.3) is 0 Å². The molecule has 1 heterocycles. The third-order valence-electron chi connectivity index (χ3n) is 2.05. The molecule has 78 valence electrons. The molecule has 15 heavy (non-hydrogen) atoms. The molecular formula is C10H11N3O2. The van der Waals surface area contributed by atoms with Crippen molar-refractivity contribution in [2.24, 2.45) is 5.73 Å². The zero-order valence-electron chi connectivity index (χ0n) is 8.06. The SMILES string of the molecule is NCC(=O)CNc1ccc2ocnc2c1. The smallest absolute Gasteiger partial charge is 0.181 e. The highest BCUT2D eigenvalue weighted by molar-refractivity contribution is 5.85. The maximum Gasteiger partial charge on any atom is 0.181 e. The minimum absolute atomic E-state index is 0.0322. The van der Waals surface area contributed by atoms with Gasteiger partial charge in [0.15, 0.2) is 17.8 Å². The molecule has 0 aliphatic heterocycles. The molecule has 0 saturated heterocycles. The van der Waals surface area contributed by atoms with Gasteiger partial charge in [-0.1, -0.05) is 0 Å². The third-order valence-corrected chi connectivity index (χ3v) is 2.05. The van der Waals surface area contributed by atoms with E-state index in [-0.39, 0.29) is 18.9 Å². The van der Waals surface area contributed by atoms with Gasteiger partial charge in [-0.05, 0) is 18.2 Å². The Morgan fingerprint density at radius 1 is 1.53 bits per heavy atom. The Morgan fingerprint density at radius 3 is 3.20 bits per heavy atom. The van der Waals surface area contributed by atoms with Crippen molar-refractivity contribution in [1.29, 1.82) is 0 Å². The van der Waals surface area contributed by atoms with Crippen molar-refractivity contribution in [2.75, 3.05) is 18.4 Å². The van der Waals surface area contributed by atoms with Gasteiger partial charge in [0.05, 0.1) is 13.1 Å². The highest BCUT2D eigenvalue weighted by Crippen LogP contribution is 2.17. The van der Waals surface area contributed by atoms with Crippen LogP contribution < -0.4 is 11.1 Å². The summed E-state index contributed by atoms with van der Waals surface area (Å²) >= 11 is 0. The summed E-state index contributed by atoms with van der Waals surface area (Å²) in [6.45, 7) is 0.291. The first-order valence-corrected chi connectivity index (χ1v) is 4.58. The van der Waals surface area contributed by atoms with Crippen molar-refractivity contribution in [3.8, 4) is 0 Å². The fourth-order valence-corrected chi connectivity index (χ4v) is 1.24. The fourth-order valence-electron chi connectivity index (χ4n) is 1.24. The van der Waals surface area contributed by atoms with E-state index in [9.17, 15) is 4.79 Å². The second-order valence-electron chi connectivity index (χ2n) is 3.13. The van der Waals surface area contributed by atoms with Crippen LogP contribution in [0.5, 0.6) is 0 Å². The summed E-state index contributed by atoms with van der Waals surface area (Å²) in [6, 6.07) is 5.46. The molecule has 0 aliphatic rings. The number of aromatic nitrogens is 1. The van der Waals surface area contributed by atoms with E-state index in [1.165, 1.54) is 6.39 Å². The van der Waals surface area contributed by atoms with E-state index in [1.807, 2.05) is 12.1 Å². The Morgan fingerprint density at radius 2 is 2.40 bits per heavy atom. The van der Waals surface area contributed by atoms with Crippen molar-refractivity contribution in [3.63, 3.8) is 0 Å². The summed E-state index contributed by atoms with van der Waals surface area (Å²) in [7, 11) is 0. The lowest BCUT2D eigenvalue weighted by molar-refractivity contribution is -0.116. The Kier molecular flexibility index (Phi) is 2.64. The lowest BCUT2D eigenvalue weighted by Gasteiger charge is -2.03. The minimum atomic E-state index is -0.0322. The van der Waals surface area contributed by atoms with Gasteiger partial charge in [0.2, 0.25) is 0 Å². The summed E-state index contributed by atoms with van der Waals surface area (Å²) < 4.78 is 5.09. The monoisotopic (exact) mass is 205 g/mol. The second-order valence-corrected chi connectivity index (χ2v) is 3.13. The number of carbonyl (C=O) groups is 1. The van der Waals surface area contributed by atoms with Crippen LogP contribution in [0.3, 0.4) is 0 Å². The van der Waals surface area contributed by atoms with Crippen LogP contribution >= 0.6 is 0 Å². The molecule has 3 N–H and O–H groups in total. The van der Waals surface area contributed by atoms with E-state index in [1.54, 1.807) is 6.07 Å². The van der Waals surface area contributed by atoms with Crippen LogP contribution in [0.1, 0.15) is 0 Å². The van der Waals surface area contributed by atoms with E-state index in [0.717, 1.165) is 16.8 Å². The van der Waals surface area contributed by atoms with Gasteiger partial charge in [-0.15, -0.1) is 0 Å². The van der Waals surface area contributed by atoms with E-state index in [4.69, 9.17) is 10.2 Å². The summed E-state index contributed by atoms with van der Waals surface area (Å²) in [5.41, 5.74) is 7.52. The van der Waals surface area contributed by atoms with Crippen molar-refractivity contribution in [1.82, 2.24) is 4.98 Å². The number of hydrogen-bond donors (Lipinski definition) is 2. The molecule has 0 radical (unpaired) electrons. The zero-order valence-corrected chi connectivity index (χ0v) is 8.06. The average Bonchev–Trinajstić information content (AvgIpc) is 2.72. The summed E-state index contributed by atoms with van der Waals surface area (Å²) in [5, 5.41) is 2.97. The number of nitrogens with one attached hydrogen (secondary N) is 1. The largest absolute Gasteiger partial charge is 0.443 e. The molecule has 0 spiro atoms. The summed E-state index contributed by atoms with van der Waals surface area (Å²) in [5.74, 6) is -0.0322. The van der Waals surface area contributed by atoms with Crippen molar-refractivity contribution >= 4 is 22.6 Å². The fraction of sp³-hybridized carbons (Fsp3) is 0.200. The number of fused-ring (bicyclic) bond motifs is 1. The molecule has 0 bridgehead atoms. The highest BCUT2D eigenvalue weighted by atomic mass is 16.3. The van der Waals surface area contributed by atoms with Crippen molar-refractivity contribution in [3.05, 3.63) is 24.6 Å². The lowest BCUT2D eigenvalue weighted by atomic mass is 10.2. The van der Waals surface area contributed by atoms with Gasteiger partial charge < -0.3 is 15.5 Å². The van der Waals surface area contributed by atoms with Gasteiger partial charge in [-0.25, -0.2) is 4.98 Å². The number of rotatable bonds is 4. The van der Waals surface area contributed by atoms with E-state index in [0.29, 0.717) is 0 Å². The van der Waals surface area contributed by atoms with Crippen LogP contribution in [0.25, 0.3) is 11.1 Å². The number of carbonyl (C=O) groups excluding carboxylic acids is 1. The van der Waals surface area contributed by atoms with E-state index >= 15 is 0 Å². The van der Waals surface area contributed by atoms with Crippen LogP contribution in [-0.2, 0) is 4.79 Å². The minimum Gasteiger partial charge on any atom is -0.443 e. The number of nitrogens with two attached hydrogens (primary N) is 1. The zero-order chi connectivity index (χ0) is 10.7. The first-order valence-electron chi connectivity index (χ1n) is 4.58. The molecule has 5 heteroatoms. The van der Waals surface area contributed by atoms with E-state index in [2.05, 4.69) is 10.3 Å². The van der Waals surface area contributed by atoms with Crippen molar-refractivity contribution in [2.45, 2.75) is 0 Å². The highest BCUT2D eigenvalue weighted by Gasteiger charge is 2.01. The topological polar surface area (TPSA) is 81.2 Å². The first-order chi connectivity index (χ1) is 7.29. The van der Waals surface area contributed by atoms with Crippen LogP contribution in [0.4, 0.5) is 5.69 Å². The van der Waals surface area contributed by atoms with Gasteiger partial charge in [0.1, 0.15) is 5.52 Å². The number of ketones is 1. The number of oxazole rings is 1. The molecule has 0 unspecified atom stereocenters. The first kappa shape index (κ1) is 9.67. The Bertz CT molecular complexity index is 478. The Balaban J connectivity index is 2.11. The van der Waals surface area contributed by atoms with Gasteiger partial charge in [-0.2, -0.15) is 0 Å². The summed E-state index contributed by atoms with van der Waals surface area (Å²) in [6.07, 6.45) is 1.39. The number of hydrogen-bond acceptors (Lipinski definition) is 5. The quantitative estimate of drug-likeness (QED) is 0.770.